The quantitative estimate of drug-likeness (QED) is 0.780. The van der Waals surface area contributed by atoms with Crippen LogP contribution in [-0.4, -0.2) is 34.8 Å². The number of hydrogen-bond donors (Lipinski definition) is 1. The zero-order chi connectivity index (χ0) is 16.4. The Morgan fingerprint density at radius 3 is 3.17 bits per heavy atom. The van der Waals surface area contributed by atoms with Gasteiger partial charge in [-0.25, -0.2) is 4.98 Å². The van der Waals surface area contributed by atoms with Crippen molar-refractivity contribution < 1.29 is 9.47 Å². The number of aromatic nitrogens is 3. The zero-order valence-electron chi connectivity index (χ0n) is 13.6. The molecule has 2 aromatic heterocycles. The molecule has 0 aliphatic carbocycles. The third kappa shape index (κ3) is 2.86. The van der Waals surface area contributed by atoms with E-state index in [2.05, 4.69) is 25.9 Å². The Hall–Kier alpha value is -2.44. The van der Waals surface area contributed by atoms with Crippen molar-refractivity contribution in [1.82, 2.24) is 19.9 Å². The van der Waals surface area contributed by atoms with E-state index in [1.54, 1.807) is 13.3 Å². The summed E-state index contributed by atoms with van der Waals surface area (Å²) in [5.74, 6) is 1.82. The fraction of sp³-hybridized carbons (Fsp3) is 0.333. The molecule has 1 aliphatic rings. The molecule has 1 N–H and O–H groups in total. The molecule has 0 radical (unpaired) electrons. The largest absolute Gasteiger partial charge is 0.497 e. The van der Waals surface area contributed by atoms with E-state index in [1.807, 2.05) is 30.5 Å². The van der Waals surface area contributed by atoms with Gasteiger partial charge in [0.1, 0.15) is 18.2 Å². The lowest BCUT2D eigenvalue weighted by Gasteiger charge is -2.26. The number of rotatable bonds is 5. The third-order valence-corrected chi connectivity index (χ3v) is 4.31. The molecule has 124 valence electrons. The topological polar surface area (TPSA) is 61.2 Å². The molecule has 6 nitrogen and oxygen atoms in total. The van der Waals surface area contributed by atoms with E-state index in [9.17, 15) is 0 Å². The maximum absolute atomic E-state index is 5.73. The SMILES string of the molecule is COc1ccc2nc3n(c2c1)C(CNCc1cccnc1)COC3. The van der Waals surface area contributed by atoms with Crippen molar-refractivity contribution in [3.8, 4) is 5.75 Å². The van der Waals surface area contributed by atoms with Gasteiger partial charge in [0.15, 0.2) is 0 Å². The van der Waals surface area contributed by atoms with Gasteiger partial charge in [-0.05, 0) is 23.8 Å². The van der Waals surface area contributed by atoms with Gasteiger partial charge in [0.2, 0.25) is 0 Å². The first-order valence-electron chi connectivity index (χ1n) is 8.07. The van der Waals surface area contributed by atoms with Crippen molar-refractivity contribution in [1.29, 1.82) is 0 Å². The Bertz CT molecular complexity index is 832. The van der Waals surface area contributed by atoms with Gasteiger partial charge in [0.25, 0.3) is 0 Å². The molecule has 6 heteroatoms. The number of fused-ring (bicyclic) bond motifs is 3. The van der Waals surface area contributed by atoms with Gasteiger partial charge in [-0.15, -0.1) is 0 Å². The van der Waals surface area contributed by atoms with Gasteiger partial charge in [-0.2, -0.15) is 0 Å². The molecule has 1 aliphatic heterocycles. The van der Waals surface area contributed by atoms with Crippen molar-refractivity contribution in [2.45, 2.75) is 19.2 Å². The fourth-order valence-corrected chi connectivity index (χ4v) is 3.16. The van der Waals surface area contributed by atoms with Gasteiger partial charge in [0.05, 0.1) is 30.8 Å². The van der Waals surface area contributed by atoms with Gasteiger partial charge in [-0.1, -0.05) is 6.07 Å². The Balaban J connectivity index is 1.56. The minimum absolute atomic E-state index is 0.211. The highest BCUT2D eigenvalue weighted by Crippen LogP contribution is 2.28. The van der Waals surface area contributed by atoms with E-state index in [0.717, 1.165) is 35.7 Å². The van der Waals surface area contributed by atoms with Crippen molar-refractivity contribution in [2.24, 2.45) is 0 Å². The van der Waals surface area contributed by atoms with Gasteiger partial charge >= 0.3 is 0 Å². The highest BCUT2D eigenvalue weighted by molar-refractivity contribution is 5.78. The van der Waals surface area contributed by atoms with Crippen molar-refractivity contribution >= 4 is 11.0 Å². The molecular weight excluding hydrogens is 304 g/mol. The monoisotopic (exact) mass is 324 g/mol. The Labute approximate surface area is 140 Å². The Morgan fingerprint density at radius 2 is 2.33 bits per heavy atom. The maximum Gasteiger partial charge on any atom is 0.136 e. The molecule has 0 spiro atoms. The molecular formula is C18H20N4O2. The van der Waals surface area contributed by atoms with Crippen LogP contribution in [0.1, 0.15) is 17.4 Å². The van der Waals surface area contributed by atoms with E-state index < -0.39 is 0 Å². The summed E-state index contributed by atoms with van der Waals surface area (Å²) in [5, 5.41) is 3.50. The van der Waals surface area contributed by atoms with E-state index >= 15 is 0 Å². The van der Waals surface area contributed by atoms with Crippen LogP contribution in [0, 0.1) is 0 Å². The fourth-order valence-electron chi connectivity index (χ4n) is 3.16. The molecule has 4 rings (SSSR count). The van der Waals surface area contributed by atoms with Crippen LogP contribution in [-0.2, 0) is 17.9 Å². The first kappa shape index (κ1) is 15.1. The highest BCUT2D eigenvalue weighted by atomic mass is 16.5. The summed E-state index contributed by atoms with van der Waals surface area (Å²) in [7, 11) is 1.69. The summed E-state index contributed by atoms with van der Waals surface area (Å²) in [5.41, 5.74) is 3.25. The molecule has 24 heavy (non-hydrogen) atoms. The lowest BCUT2D eigenvalue weighted by molar-refractivity contribution is 0.0564. The Kier molecular flexibility index (Phi) is 4.15. The van der Waals surface area contributed by atoms with Crippen LogP contribution >= 0.6 is 0 Å². The normalized spacial score (nSPS) is 17.0. The lowest BCUT2D eigenvalue weighted by atomic mass is 10.2. The summed E-state index contributed by atoms with van der Waals surface area (Å²) >= 11 is 0. The summed E-state index contributed by atoms with van der Waals surface area (Å²) in [4.78, 5) is 8.83. The van der Waals surface area contributed by atoms with Crippen molar-refractivity contribution in [2.75, 3.05) is 20.3 Å². The van der Waals surface area contributed by atoms with Crippen LogP contribution in [0.3, 0.4) is 0 Å². The number of hydrogen-bond acceptors (Lipinski definition) is 5. The standard InChI is InChI=1S/C18H20N4O2/c1-23-15-4-5-16-17(7-15)22-14(11-24-12-18(22)21-16)10-20-9-13-3-2-6-19-8-13/h2-8,14,20H,9-12H2,1H3. The second-order valence-electron chi connectivity index (χ2n) is 5.91. The lowest BCUT2D eigenvalue weighted by Crippen LogP contribution is -2.32. The smallest absolute Gasteiger partial charge is 0.136 e. The second kappa shape index (κ2) is 6.59. The minimum atomic E-state index is 0.211. The summed E-state index contributed by atoms with van der Waals surface area (Å²) in [6, 6.07) is 10.2. The number of benzene rings is 1. The summed E-state index contributed by atoms with van der Waals surface area (Å²) < 4.78 is 13.4. The zero-order valence-corrected chi connectivity index (χ0v) is 13.6. The van der Waals surface area contributed by atoms with Crippen LogP contribution in [0.4, 0.5) is 0 Å². The molecule has 1 aromatic carbocycles. The molecule has 0 saturated carbocycles. The molecule has 0 amide bonds. The first-order chi connectivity index (χ1) is 11.8. The molecule has 0 bridgehead atoms. The molecule has 3 aromatic rings. The third-order valence-electron chi connectivity index (χ3n) is 4.31. The predicted octanol–water partition coefficient (Wildman–Crippen LogP) is 2.30. The van der Waals surface area contributed by atoms with E-state index in [-0.39, 0.29) is 6.04 Å². The molecule has 3 heterocycles. The van der Waals surface area contributed by atoms with E-state index in [4.69, 9.17) is 9.47 Å². The molecule has 1 unspecified atom stereocenters. The number of imidazole rings is 1. The summed E-state index contributed by atoms with van der Waals surface area (Å²) in [6.07, 6.45) is 3.67. The van der Waals surface area contributed by atoms with E-state index in [0.29, 0.717) is 13.2 Å². The number of methoxy groups -OCH3 is 1. The number of nitrogens with zero attached hydrogens (tertiary/aromatic N) is 3. The highest BCUT2D eigenvalue weighted by Gasteiger charge is 2.24. The number of nitrogens with one attached hydrogen (secondary N) is 1. The first-order valence-corrected chi connectivity index (χ1v) is 8.07. The second-order valence-corrected chi connectivity index (χ2v) is 5.91. The average molecular weight is 324 g/mol. The van der Waals surface area contributed by atoms with Crippen LogP contribution in [0.5, 0.6) is 5.75 Å². The van der Waals surface area contributed by atoms with Crippen LogP contribution in [0.15, 0.2) is 42.7 Å². The summed E-state index contributed by atoms with van der Waals surface area (Å²) in [6.45, 7) is 2.83. The van der Waals surface area contributed by atoms with Gasteiger partial charge in [-0.3, -0.25) is 4.98 Å². The minimum Gasteiger partial charge on any atom is -0.497 e. The molecule has 0 saturated heterocycles. The predicted molar refractivity (Wildman–Crippen MR) is 90.9 cm³/mol. The van der Waals surface area contributed by atoms with E-state index in [1.165, 1.54) is 5.56 Å². The Morgan fingerprint density at radius 1 is 1.38 bits per heavy atom. The van der Waals surface area contributed by atoms with Crippen LogP contribution in [0.2, 0.25) is 0 Å². The maximum atomic E-state index is 5.73. The molecule has 0 fully saturated rings. The van der Waals surface area contributed by atoms with Gasteiger partial charge in [0, 0.05) is 31.5 Å². The average Bonchev–Trinajstić information content (AvgIpc) is 3.01. The van der Waals surface area contributed by atoms with Crippen LogP contribution < -0.4 is 10.1 Å². The number of pyridine rings is 1. The van der Waals surface area contributed by atoms with Gasteiger partial charge < -0.3 is 19.4 Å². The van der Waals surface area contributed by atoms with Crippen LogP contribution in [0.25, 0.3) is 11.0 Å². The number of ether oxygens (including phenoxy) is 2. The van der Waals surface area contributed by atoms with Crippen molar-refractivity contribution in [3.63, 3.8) is 0 Å². The van der Waals surface area contributed by atoms with Crippen molar-refractivity contribution in [3.05, 3.63) is 54.1 Å². The molecule has 1 atom stereocenters.